The molecule has 1 rings (SSSR count). The Morgan fingerprint density at radius 1 is 1.41 bits per heavy atom. The average molecular weight is 243 g/mol. The molecule has 1 amide bonds. The van der Waals surface area contributed by atoms with E-state index in [1.165, 1.54) is 7.11 Å². The first-order valence-corrected chi connectivity index (χ1v) is 5.30. The molecule has 2 atom stereocenters. The van der Waals surface area contributed by atoms with Gasteiger partial charge in [-0.25, -0.2) is 9.59 Å². The maximum absolute atomic E-state index is 11.5. The molecule has 96 valence electrons. The van der Waals surface area contributed by atoms with E-state index in [4.69, 9.17) is 4.74 Å². The molecular weight excluding hydrogens is 226 g/mol. The molecule has 17 heavy (non-hydrogen) atoms. The zero-order valence-corrected chi connectivity index (χ0v) is 10.4. The summed E-state index contributed by atoms with van der Waals surface area (Å²) in [6.45, 7) is 5.13. The molecule has 0 saturated heterocycles. The molecule has 1 aliphatic carbocycles. The van der Waals surface area contributed by atoms with Gasteiger partial charge in [-0.1, -0.05) is 0 Å². The topological polar surface area (TPSA) is 81.7 Å². The SMILES string of the molecule is COC(=O)[C@]1(NC(=O)OC(C)(C)C)C[C@@H]1C=O. The van der Waals surface area contributed by atoms with Crippen LogP contribution in [0.2, 0.25) is 0 Å². The van der Waals surface area contributed by atoms with Crippen molar-refractivity contribution >= 4 is 18.3 Å². The molecule has 0 radical (unpaired) electrons. The zero-order chi connectivity index (χ0) is 13.3. The second-order valence-electron chi connectivity index (χ2n) is 5.04. The number of alkyl carbamates (subject to hydrolysis) is 1. The van der Waals surface area contributed by atoms with Gasteiger partial charge in [0.25, 0.3) is 0 Å². The Hall–Kier alpha value is -1.59. The third kappa shape index (κ3) is 2.95. The maximum Gasteiger partial charge on any atom is 0.408 e. The molecule has 0 unspecified atom stereocenters. The van der Waals surface area contributed by atoms with Crippen LogP contribution in [0, 0.1) is 5.92 Å². The summed E-state index contributed by atoms with van der Waals surface area (Å²) in [7, 11) is 1.21. The van der Waals surface area contributed by atoms with Crippen LogP contribution in [-0.4, -0.2) is 36.6 Å². The molecule has 1 saturated carbocycles. The van der Waals surface area contributed by atoms with Crippen LogP contribution in [-0.2, 0) is 19.1 Å². The fraction of sp³-hybridized carbons (Fsp3) is 0.727. The second kappa shape index (κ2) is 4.35. The van der Waals surface area contributed by atoms with Gasteiger partial charge in [0.15, 0.2) is 5.54 Å². The first-order valence-electron chi connectivity index (χ1n) is 5.30. The van der Waals surface area contributed by atoms with Crippen molar-refractivity contribution in [2.24, 2.45) is 5.92 Å². The van der Waals surface area contributed by atoms with E-state index in [1.807, 2.05) is 0 Å². The van der Waals surface area contributed by atoms with Gasteiger partial charge in [-0.2, -0.15) is 0 Å². The summed E-state index contributed by atoms with van der Waals surface area (Å²) in [5.41, 5.74) is -1.90. The van der Waals surface area contributed by atoms with Crippen molar-refractivity contribution in [1.82, 2.24) is 5.32 Å². The molecule has 0 bridgehead atoms. The Labute approximate surface area is 99.6 Å². The Morgan fingerprint density at radius 2 is 2.00 bits per heavy atom. The van der Waals surface area contributed by atoms with Crippen molar-refractivity contribution in [3.8, 4) is 0 Å². The van der Waals surface area contributed by atoms with Gasteiger partial charge < -0.3 is 19.6 Å². The predicted octanol–water partition coefficient (Wildman–Crippen LogP) is 0.642. The number of carbonyl (C=O) groups is 3. The number of carbonyl (C=O) groups excluding carboxylic acids is 3. The van der Waals surface area contributed by atoms with Gasteiger partial charge in [-0.15, -0.1) is 0 Å². The molecule has 1 N–H and O–H groups in total. The summed E-state index contributed by atoms with van der Waals surface area (Å²) in [6.07, 6.45) is 0.156. The molecular formula is C11H17NO5. The van der Waals surface area contributed by atoms with Crippen LogP contribution in [0.25, 0.3) is 0 Å². The van der Waals surface area contributed by atoms with E-state index in [0.717, 1.165) is 0 Å². The van der Waals surface area contributed by atoms with Crippen LogP contribution in [0.5, 0.6) is 0 Å². The van der Waals surface area contributed by atoms with Gasteiger partial charge in [-0.3, -0.25) is 0 Å². The highest BCUT2D eigenvalue weighted by Gasteiger charge is 2.63. The van der Waals surface area contributed by atoms with E-state index in [2.05, 4.69) is 10.1 Å². The number of hydrogen-bond donors (Lipinski definition) is 1. The molecule has 0 aliphatic heterocycles. The van der Waals surface area contributed by atoms with E-state index >= 15 is 0 Å². The smallest absolute Gasteiger partial charge is 0.408 e. The normalized spacial score (nSPS) is 26.9. The van der Waals surface area contributed by atoms with Crippen molar-refractivity contribution in [2.75, 3.05) is 7.11 Å². The standard InChI is InChI=1S/C11H17NO5/c1-10(2,3)17-9(15)12-11(8(14)16-4)5-7(11)6-13/h6-7H,5H2,1-4H3,(H,12,15)/t7-,11+/m1/s1. The van der Waals surface area contributed by atoms with Gasteiger partial charge in [-0.05, 0) is 27.2 Å². The molecule has 0 heterocycles. The minimum atomic E-state index is -1.24. The monoisotopic (exact) mass is 243 g/mol. The van der Waals surface area contributed by atoms with Gasteiger partial charge in [0.05, 0.1) is 13.0 Å². The third-order valence-corrected chi connectivity index (χ3v) is 2.45. The largest absolute Gasteiger partial charge is 0.467 e. The Balaban J connectivity index is 2.68. The number of methoxy groups -OCH3 is 1. The number of amides is 1. The van der Waals surface area contributed by atoms with Gasteiger partial charge >= 0.3 is 12.1 Å². The number of aldehydes is 1. The minimum Gasteiger partial charge on any atom is -0.467 e. The average Bonchev–Trinajstić information content (AvgIpc) is 2.88. The predicted molar refractivity (Wildman–Crippen MR) is 58.3 cm³/mol. The van der Waals surface area contributed by atoms with Gasteiger partial charge in [0, 0.05) is 0 Å². The van der Waals surface area contributed by atoms with Crippen LogP contribution < -0.4 is 5.32 Å². The zero-order valence-electron chi connectivity index (χ0n) is 10.4. The Bertz CT molecular complexity index is 346. The van der Waals surface area contributed by atoms with E-state index < -0.39 is 29.1 Å². The lowest BCUT2D eigenvalue weighted by Crippen LogP contribution is -2.47. The summed E-state index contributed by atoms with van der Waals surface area (Å²) in [5.74, 6) is -1.16. The maximum atomic E-state index is 11.5. The molecule has 1 aliphatic rings. The molecule has 0 aromatic carbocycles. The van der Waals surface area contributed by atoms with E-state index in [9.17, 15) is 14.4 Å². The van der Waals surface area contributed by atoms with Crippen molar-refractivity contribution in [3.05, 3.63) is 0 Å². The summed E-state index contributed by atoms with van der Waals surface area (Å²) < 4.78 is 9.60. The quantitative estimate of drug-likeness (QED) is 0.581. The summed E-state index contributed by atoms with van der Waals surface area (Å²) in [6, 6.07) is 0. The Kier molecular flexibility index (Phi) is 3.45. The number of rotatable bonds is 3. The minimum absolute atomic E-state index is 0.252. The number of ether oxygens (including phenoxy) is 2. The number of esters is 1. The highest BCUT2D eigenvalue weighted by Crippen LogP contribution is 2.43. The molecule has 6 heteroatoms. The lowest BCUT2D eigenvalue weighted by Gasteiger charge is -2.22. The summed E-state index contributed by atoms with van der Waals surface area (Å²) in [4.78, 5) is 33.7. The van der Waals surface area contributed by atoms with Crippen LogP contribution in [0.3, 0.4) is 0 Å². The lowest BCUT2D eigenvalue weighted by molar-refractivity contribution is -0.145. The second-order valence-corrected chi connectivity index (χ2v) is 5.04. The van der Waals surface area contributed by atoms with Crippen LogP contribution in [0.4, 0.5) is 4.79 Å². The number of hydrogen-bond acceptors (Lipinski definition) is 5. The van der Waals surface area contributed by atoms with Crippen molar-refractivity contribution in [2.45, 2.75) is 38.3 Å². The first-order chi connectivity index (χ1) is 7.75. The fourth-order valence-corrected chi connectivity index (χ4v) is 1.55. The van der Waals surface area contributed by atoms with Crippen LogP contribution in [0.1, 0.15) is 27.2 Å². The molecule has 6 nitrogen and oxygen atoms in total. The van der Waals surface area contributed by atoms with E-state index in [-0.39, 0.29) is 6.42 Å². The fourth-order valence-electron chi connectivity index (χ4n) is 1.55. The summed E-state index contributed by atoms with van der Waals surface area (Å²) in [5, 5.41) is 2.41. The number of nitrogens with one attached hydrogen (secondary N) is 1. The van der Waals surface area contributed by atoms with Crippen LogP contribution in [0.15, 0.2) is 0 Å². The van der Waals surface area contributed by atoms with E-state index in [0.29, 0.717) is 6.29 Å². The van der Waals surface area contributed by atoms with E-state index in [1.54, 1.807) is 20.8 Å². The highest BCUT2D eigenvalue weighted by atomic mass is 16.6. The van der Waals surface area contributed by atoms with Crippen LogP contribution >= 0.6 is 0 Å². The Morgan fingerprint density at radius 3 is 2.35 bits per heavy atom. The molecule has 0 aromatic heterocycles. The lowest BCUT2D eigenvalue weighted by atomic mass is 10.2. The molecule has 1 fully saturated rings. The van der Waals surface area contributed by atoms with Gasteiger partial charge in [0.2, 0.25) is 0 Å². The molecule has 0 spiro atoms. The van der Waals surface area contributed by atoms with Crippen molar-refractivity contribution in [1.29, 1.82) is 0 Å². The summed E-state index contributed by atoms with van der Waals surface area (Å²) >= 11 is 0. The third-order valence-electron chi connectivity index (χ3n) is 2.45. The highest BCUT2D eigenvalue weighted by molar-refractivity contribution is 5.94. The van der Waals surface area contributed by atoms with Crippen molar-refractivity contribution in [3.63, 3.8) is 0 Å². The first kappa shape index (κ1) is 13.5. The van der Waals surface area contributed by atoms with Gasteiger partial charge in [0.1, 0.15) is 11.9 Å². The van der Waals surface area contributed by atoms with Crippen molar-refractivity contribution < 1.29 is 23.9 Å². The molecule has 0 aromatic rings.